The number of nitrogens with one attached hydrogen (secondary N) is 1. The van der Waals surface area contributed by atoms with Crippen molar-refractivity contribution >= 4 is 23.1 Å². The van der Waals surface area contributed by atoms with Crippen molar-refractivity contribution in [1.29, 1.82) is 0 Å². The molecule has 2 heterocycles. The van der Waals surface area contributed by atoms with Crippen molar-refractivity contribution in [3.8, 4) is 0 Å². The Morgan fingerprint density at radius 1 is 0.929 bits per heavy atom. The zero-order valence-electron chi connectivity index (χ0n) is 24.2. The average Bonchev–Trinajstić information content (AvgIpc) is 3.07. The summed E-state index contributed by atoms with van der Waals surface area (Å²) < 4.78 is 29.3. The second-order valence-corrected chi connectivity index (χ2v) is 12.7. The van der Waals surface area contributed by atoms with E-state index in [0.29, 0.717) is 43.0 Å². The van der Waals surface area contributed by atoms with Crippen LogP contribution in [0.1, 0.15) is 56.7 Å². The summed E-state index contributed by atoms with van der Waals surface area (Å²) in [6, 6.07) is 20.6. The number of para-hydroxylation sites is 2. The first-order chi connectivity index (χ1) is 20.2. The van der Waals surface area contributed by atoms with Gasteiger partial charge >= 0.3 is 0 Å². The molecule has 3 aromatic carbocycles. The van der Waals surface area contributed by atoms with Crippen LogP contribution < -0.4 is 10.2 Å². The molecule has 3 aliphatic rings. The number of Topliss-reactive ketones (excluding diaryl/α,β-unsaturated/α-hetero) is 1. The number of fused-ring (bicyclic) bond motifs is 1. The van der Waals surface area contributed by atoms with Crippen LogP contribution in [0.5, 0.6) is 0 Å². The molecule has 1 unspecified atom stereocenters. The average molecular weight is 570 g/mol. The first kappa shape index (κ1) is 28.1. The van der Waals surface area contributed by atoms with Gasteiger partial charge in [0.15, 0.2) is 5.78 Å². The van der Waals surface area contributed by atoms with Crippen LogP contribution in [0.15, 0.2) is 84.1 Å². The summed E-state index contributed by atoms with van der Waals surface area (Å²) in [6.07, 6.45) is 3.75. The van der Waals surface area contributed by atoms with Gasteiger partial charge in [-0.1, -0.05) is 56.3 Å². The van der Waals surface area contributed by atoms with Crippen LogP contribution in [0.4, 0.5) is 20.2 Å². The van der Waals surface area contributed by atoms with Gasteiger partial charge in [0.05, 0.1) is 24.0 Å². The lowest BCUT2D eigenvalue weighted by Crippen LogP contribution is -2.46. The molecule has 0 saturated carbocycles. The second kappa shape index (κ2) is 11.3. The minimum absolute atomic E-state index is 0.0156. The summed E-state index contributed by atoms with van der Waals surface area (Å²) in [5.74, 6) is -1.05. The lowest BCUT2D eigenvalue weighted by atomic mass is 9.73. The van der Waals surface area contributed by atoms with Crippen LogP contribution in [0.25, 0.3) is 0 Å². The number of ketones is 1. The van der Waals surface area contributed by atoms with Gasteiger partial charge < -0.3 is 15.1 Å². The molecule has 1 aliphatic carbocycles. The second-order valence-electron chi connectivity index (χ2n) is 12.7. The van der Waals surface area contributed by atoms with E-state index in [1.807, 2.05) is 54.0 Å². The van der Waals surface area contributed by atoms with Gasteiger partial charge in [0.2, 0.25) is 5.91 Å². The number of hydrogen-bond donors (Lipinski definition) is 1. The first-order valence-electron chi connectivity index (χ1n) is 14.8. The molecule has 6 rings (SSSR count). The topological polar surface area (TPSA) is 52.7 Å². The Balaban J connectivity index is 1.34. The lowest BCUT2D eigenvalue weighted by Gasteiger charge is -2.39. The number of carbonyl (C=O) groups excluding carboxylic acids is 2. The highest BCUT2D eigenvalue weighted by Gasteiger charge is 2.42. The van der Waals surface area contributed by atoms with E-state index in [1.165, 1.54) is 17.7 Å². The van der Waals surface area contributed by atoms with Crippen molar-refractivity contribution < 1.29 is 18.4 Å². The maximum atomic E-state index is 14.6. The van der Waals surface area contributed by atoms with Gasteiger partial charge in [-0.2, -0.15) is 0 Å². The van der Waals surface area contributed by atoms with Crippen LogP contribution in [-0.2, 0) is 16.0 Å². The van der Waals surface area contributed by atoms with E-state index >= 15 is 0 Å². The number of allylic oxidation sites excluding steroid dienone is 1. The predicted molar refractivity (Wildman–Crippen MR) is 161 cm³/mol. The molecule has 0 radical (unpaired) electrons. The highest BCUT2D eigenvalue weighted by Crippen LogP contribution is 2.48. The molecule has 218 valence electrons. The van der Waals surface area contributed by atoms with Gasteiger partial charge in [0.1, 0.15) is 11.6 Å². The molecule has 1 N–H and O–H groups in total. The highest BCUT2D eigenvalue weighted by atomic mass is 19.1. The fourth-order valence-electron chi connectivity index (χ4n) is 6.89. The lowest BCUT2D eigenvalue weighted by molar-refractivity contribution is -0.131. The summed E-state index contributed by atoms with van der Waals surface area (Å²) in [5.41, 5.74) is 4.07. The van der Waals surface area contributed by atoms with E-state index in [4.69, 9.17) is 0 Å². The van der Waals surface area contributed by atoms with Crippen LogP contribution in [-0.4, -0.2) is 36.2 Å². The standard InChI is InChI=1S/C35H37F2N3O2/c1-35(2)20-29-33(31(41)21-35)34(25-17-26(36)19-27(37)18-25)40(30-11-7-6-10-28(30)38-29)22-32(42)39-14-12-24(13-15-39)16-23-8-4-3-5-9-23/h3-11,17-19,24,34,38H,12-16,20-22H2,1-2H3. The van der Waals surface area contributed by atoms with Crippen molar-refractivity contribution in [2.75, 3.05) is 29.9 Å². The quantitative estimate of drug-likeness (QED) is 0.357. The van der Waals surface area contributed by atoms with Crippen molar-refractivity contribution in [3.63, 3.8) is 0 Å². The number of nitrogens with zero attached hydrogens (tertiary/aromatic N) is 2. The van der Waals surface area contributed by atoms with Gasteiger partial charge in [-0.05, 0) is 72.4 Å². The third kappa shape index (κ3) is 5.83. The maximum absolute atomic E-state index is 14.6. The zero-order chi connectivity index (χ0) is 29.4. The van der Waals surface area contributed by atoms with E-state index in [1.54, 1.807) is 0 Å². The molecular formula is C35H37F2N3O2. The Labute approximate surface area is 246 Å². The number of benzene rings is 3. The number of likely N-dealkylation sites (tertiary alicyclic amines) is 1. The number of carbonyl (C=O) groups is 2. The van der Waals surface area contributed by atoms with Crippen molar-refractivity contribution in [3.05, 3.63) is 107 Å². The number of hydrogen-bond acceptors (Lipinski definition) is 4. The van der Waals surface area contributed by atoms with Crippen molar-refractivity contribution in [2.24, 2.45) is 11.3 Å². The van der Waals surface area contributed by atoms with E-state index in [9.17, 15) is 18.4 Å². The molecule has 1 amide bonds. The van der Waals surface area contributed by atoms with E-state index in [2.05, 4.69) is 29.6 Å². The normalized spacial score (nSPS) is 20.5. The molecule has 2 aliphatic heterocycles. The van der Waals surface area contributed by atoms with Gasteiger partial charge in [0, 0.05) is 36.8 Å². The Kier molecular flexibility index (Phi) is 7.60. The van der Waals surface area contributed by atoms with E-state index in [-0.39, 0.29) is 23.7 Å². The molecule has 0 spiro atoms. The van der Waals surface area contributed by atoms with Crippen molar-refractivity contribution in [1.82, 2.24) is 4.90 Å². The van der Waals surface area contributed by atoms with Crippen LogP contribution in [0, 0.1) is 23.0 Å². The van der Waals surface area contributed by atoms with Gasteiger partial charge in [-0.15, -0.1) is 0 Å². The number of amides is 1. The van der Waals surface area contributed by atoms with Crippen molar-refractivity contribution in [2.45, 2.75) is 52.0 Å². The maximum Gasteiger partial charge on any atom is 0.242 e. The number of rotatable bonds is 5. The smallest absolute Gasteiger partial charge is 0.242 e. The van der Waals surface area contributed by atoms with Crippen LogP contribution in [0.2, 0.25) is 0 Å². The fraction of sp³-hybridized carbons (Fsp3) is 0.371. The molecule has 42 heavy (non-hydrogen) atoms. The molecule has 5 nitrogen and oxygen atoms in total. The number of halogens is 2. The highest BCUT2D eigenvalue weighted by molar-refractivity contribution is 6.01. The Morgan fingerprint density at radius 3 is 2.31 bits per heavy atom. The Morgan fingerprint density at radius 2 is 1.60 bits per heavy atom. The Hall–Kier alpha value is -4.00. The van der Waals surface area contributed by atoms with Crippen LogP contribution >= 0.6 is 0 Å². The minimum atomic E-state index is -0.815. The third-order valence-electron chi connectivity index (χ3n) is 8.84. The summed E-state index contributed by atoms with van der Waals surface area (Å²) in [7, 11) is 0. The molecule has 1 fully saturated rings. The van der Waals surface area contributed by atoms with E-state index in [0.717, 1.165) is 42.4 Å². The molecule has 3 aromatic rings. The van der Waals surface area contributed by atoms with Gasteiger partial charge in [0.25, 0.3) is 0 Å². The molecule has 0 aromatic heterocycles. The third-order valence-corrected chi connectivity index (χ3v) is 8.84. The first-order valence-corrected chi connectivity index (χ1v) is 14.8. The van der Waals surface area contributed by atoms with E-state index < -0.39 is 17.7 Å². The monoisotopic (exact) mass is 569 g/mol. The largest absolute Gasteiger partial charge is 0.357 e. The SMILES string of the molecule is CC1(C)CC(=O)C2=C(C1)Nc1ccccc1N(CC(=O)N1CCC(Cc3ccccc3)CC1)C2c1cc(F)cc(F)c1. The summed E-state index contributed by atoms with van der Waals surface area (Å²) in [4.78, 5) is 31.5. The predicted octanol–water partition coefficient (Wildman–Crippen LogP) is 7.06. The van der Waals surface area contributed by atoms with Crippen LogP contribution in [0.3, 0.4) is 0 Å². The molecule has 1 saturated heterocycles. The molecule has 0 bridgehead atoms. The van der Waals surface area contributed by atoms with Gasteiger partial charge in [-0.25, -0.2) is 8.78 Å². The molecular weight excluding hydrogens is 532 g/mol. The fourth-order valence-corrected chi connectivity index (χ4v) is 6.89. The minimum Gasteiger partial charge on any atom is -0.357 e. The molecule has 7 heteroatoms. The zero-order valence-corrected chi connectivity index (χ0v) is 24.2. The molecule has 1 atom stereocenters. The number of piperidine rings is 1. The summed E-state index contributed by atoms with van der Waals surface area (Å²) in [6.45, 7) is 5.40. The number of anilines is 2. The summed E-state index contributed by atoms with van der Waals surface area (Å²) in [5, 5.41) is 3.49. The Bertz CT molecular complexity index is 1510. The van der Waals surface area contributed by atoms with Gasteiger partial charge in [-0.3, -0.25) is 9.59 Å². The summed E-state index contributed by atoms with van der Waals surface area (Å²) >= 11 is 0.